The molecule has 11 heteroatoms. The molecule has 0 spiro atoms. The van der Waals surface area contributed by atoms with Gasteiger partial charge in [0.1, 0.15) is 5.69 Å². The summed E-state index contributed by atoms with van der Waals surface area (Å²) in [6, 6.07) is 4.14. The maximum Gasteiger partial charge on any atom is 0.270 e. The van der Waals surface area contributed by atoms with E-state index < -0.39 is 4.92 Å². The van der Waals surface area contributed by atoms with E-state index in [-0.39, 0.29) is 10.5 Å². The van der Waals surface area contributed by atoms with Gasteiger partial charge in [0.25, 0.3) is 5.69 Å². The Morgan fingerprint density at radius 3 is 3.00 bits per heavy atom. The van der Waals surface area contributed by atoms with Gasteiger partial charge in [-0.25, -0.2) is 5.10 Å². The predicted octanol–water partition coefficient (Wildman–Crippen LogP) is 3.26. The molecule has 0 amide bonds. The lowest BCUT2D eigenvalue weighted by atomic mass is 10.2. The van der Waals surface area contributed by atoms with Crippen molar-refractivity contribution in [2.24, 2.45) is 5.10 Å². The van der Waals surface area contributed by atoms with Crippen molar-refractivity contribution < 1.29 is 4.92 Å². The maximum atomic E-state index is 10.9. The van der Waals surface area contributed by atoms with E-state index in [1.165, 1.54) is 29.1 Å². The Morgan fingerprint density at radius 1 is 1.35 bits per heavy atom. The zero-order valence-corrected chi connectivity index (χ0v) is 14.8. The Labute approximate surface area is 156 Å². The molecule has 0 bridgehead atoms. The summed E-state index contributed by atoms with van der Waals surface area (Å²) in [5.74, 6) is 0.479. The largest absolute Gasteiger partial charge is 0.282 e. The van der Waals surface area contributed by atoms with Crippen molar-refractivity contribution in [3.05, 3.63) is 54.9 Å². The minimum Gasteiger partial charge on any atom is -0.282 e. The zero-order chi connectivity index (χ0) is 18.3. The molecule has 0 radical (unpaired) electrons. The average molecular weight is 390 g/mol. The molecular weight excluding hydrogens is 378 g/mol. The monoisotopic (exact) mass is 389 g/mol. The molecule has 3 aromatic rings. The Kier molecular flexibility index (Phi) is 4.13. The lowest BCUT2D eigenvalue weighted by Crippen LogP contribution is -1.98. The highest BCUT2D eigenvalue weighted by molar-refractivity contribution is 7.71. The van der Waals surface area contributed by atoms with E-state index >= 15 is 0 Å². The summed E-state index contributed by atoms with van der Waals surface area (Å²) in [5.41, 5.74) is 3.25. The second kappa shape index (κ2) is 6.46. The van der Waals surface area contributed by atoms with Crippen molar-refractivity contribution >= 4 is 35.7 Å². The van der Waals surface area contributed by atoms with Crippen molar-refractivity contribution in [1.82, 2.24) is 25.1 Å². The molecule has 2 N–H and O–H groups in total. The molecule has 0 atom stereocenters. The van der Waals surface area contributed by atoms with E-state index in [0.29, 0.717) is 22.1 Å². The molecule has 2 heterocycles. The first kappa shape index (κ1) is 16.6. The van der Waals surface area contributed by atoms with Crippen molar-refractivity contribution in [3.63, 3.8) is 0 Å². The smallest absolute Gasteiger partial charge is 0.270 e. The molecule has 0 saturated heterocycles. The Balaban J connectivity index is 1.75. The summed E-state index contributed by atoms with van der Waals surface area (Å²) in [6.07, 6.45) is 4.35. The summed E-state index contributed by atoms with van der Waals surface area (Å²) in [6.45, 7) is 0. The molecule has 0 unspecified atom stereocenters. The maximum absolute atomic E-state index is 10.9. The van der Waals surface area contributed by atoms with Crippen LogP contribution in [-0.4, -0.2) is 36.2 Å². The molecular formula is C15H12ClN7O2S. The molecule has 4 rings (SSSR count). The van der Waals surface area contributed by atoms with E-state index in [9.17, 15) is 10.1 Å². The van der Waals surface area contributed by atoms with Crippen LogP contribution >= 0.6 is 23.8 Å². The highest BCUT2D eigenvalue weighted by Crippen LogP contribution is 2.29. The molecule has 0 saturated carbocycles. The molecule has 0 aliphatic heterocycles. The minimum atomic E-state index is -0.490. The number of hydrogen-bond donors (Lipinski definition) is 2. The minimum absolute atomic E-state index is 0.0722. The van der Waals surface area contributed by atoms with Gasteiger partial charge in [0, 0.05) is 34.0 Å². The van der Waals surface area contributed by atoms with Gasteiger partial charge in [0.05, 0.1) is 11.1 Å². The van der Waals surface area contributed by atoms with Crippen LogP contribution < -0.4 is 0 Å². The third-order valence-corrected chi connectivity index (χ3v) is 4.78. The quantitative estimate of drug-likeness (QED) is 0.307. The third kappa shape index (κ3) is 2.82. The highest BCUT2D eigenvalue weighted by Gasteiger charge is 2.23. The Morgan fingerprint density at radius 2 is 2.19 bits per heavy atom. The number of nitro groups is 1. The van der Waals surface area contributed by atoms with E-state index in [4.69, 9.17) is 23.8 Å². The second-order valence-electron chi connectivity index (χ2n) is 5.75. The van der Waals surface area contributed by atoms with Crippen LogP contribution in [0.3, 0.4) is 0 Å². The van der Waals surface area contributed by atoms with Gasteiger partial charge in [-0.05, 0) is 37.5 Å². The van der Waals surface area contributed by atoms with Crippen LogP contribution in [0.1, 0.15) is 23.2 Å². The van der Waals surface area contributed by atoms with Crippen molar-refractivity contribution in [3.8, 4) is 11.5 Å². The van der Waals surface area contributed by atoms with Gasteiger partial charge in [0.15, 0.2) is 0 Å². The fourth-order valence-electron chi connectivity index (χ4n) is 2.92. The molecule has 9 nitrogen and oxygen atoms in total. The van der Waals surface area contributed by atoms with E-state index in [1.54, 1.807) is 0 Å². The van der Waals surface area contributed by atoms with Gasteiger partial charge < -0.3 is 0 Å². The van der Waals surface area contributed by atoms with Crippen LogP contribution in [0.4, 0.5) is 5.69 Å². The number of nitrogens with zero attached hydrogens (tertiary/aromatic N) is 5. The zero-order valence-electron chi connectivity index (χ0n) is 13.3. The number of H-pyrrole nitrogens is 2. The van der Waals surface area contributed by atoms with Gasteiger partial charge in [-0.2, -0.15) is 20.0 Å². The highest BCUT2D eigenvalue weighted by atomic mass is 35.5. The summed E-state index contributed by atoms with van der Waals surface area (Å²) in [4.78, 5) is 10.4. The summed E-state index contributed by atoms with van der Waals surface area (Å²) in [7, 11) is 0. The number of aromatic nitrogens is 5. The van der Waals surface area contributed by atoms with Gasteiger partial charge >= 0.3 is 0 Å². The second-order valence-corrected chi connectivity index (χ2v) is 6.55. The summed E-state index contributed by atoms with van der Waals surface area (Å²) >= 11 is 11.3. The fraction of sp³-hybridized carbons (Fsp3) is 0.200. The molecule has 0 fully saturated rings. The molecule has 2 aromatic heterocycles. The number of benzene rings is 1. The molecule has 1 aromatic carbocycles. The topological polar surface area (TPSA) is 118 Å². The number of halogens is 1. The van der Waals surface area contributed by atoms with Crippen LogP contribution in [0, 0.1) is 14.9 Å². The number of non-ortho nitro benzene ring substituents is 1. The number of nitro benzene ring substituents is 1. The number of hydrogen-bond acceptors (Lipinski definition) is 6. The first-order valence-corrected chi connectivity index (χ1v) is 8.55. The lowest BCUT2D eigenvalue weighted by molar-refractivity contribution is -0.384. The van der Waals surface area contributed by atoms with Crippen molar-refractivity contribution in [1.29, 1.82) is 0 Å². The number of aromatic amines is 2. The predicted molar refractivity (Wildman–Crippen MR) is 98.1 cm³/mol. The number of fused-ring (bicyclic) bond motifs is 1. The van der Waals surface area contributed by atoms with Gasteiger partial charge in [-0.1, -0.05) is 11.6 Å². The van der Waals surface area contributed by atoms with Gasteiger partial charge in [-0.3, -0.25) is 15.2 Å². The molecule has 132 valence electrons. The van der Waals surface area contributed by atoms with E-state index in [1.807, 2.05) is 0 Å². The lowest BCUT2D eigenvalue weighted by Gasteiger charge is -2.01. The van der Waals surface area contributed by atoms with Crippen LogP contribution in [0.25, 0.3) is 11.5 Å². The first-order valence-electron chi connectivity index (χ1n) is 7.77. The van der Waals surface area contributed by atoms with Crippen LogP contribution in [-0.2, 0) is 12.8 Å². The molecule has 26 heavy (non-hydrogen) atoms. The van der Waals surface area contributed by atoms with Gasteiger partial charge in [0.2, 0.25) is 10.6 Å². The molecule has 1 aliphatic carbocycles. The van der Waals surface area contributed by atoms with Crippen molar-refractivity contribution in [2.45, 2.75) is 19.3 Å². The van der Waals surface area contributed by atoms with Crippen LogP contribution in [0.5, 0.6) is 0 Å². The van der Waals surface area contributed by atoms with Crippen LogP contribution in [0.2, 0.25) is 5.02 Å². The standard InChI is InChI=1S/C15H12ClN7O2S/c16-11-5-4-9(23(24)25)6-8(11)7-17-22-14(20-21-15(22)26)13-10-2-1-3-12(10)18-19-13/h4-7H,1-3H2,(H,18,19)(H,21,26)/b17-7+. The fourth-order valence-corrected chi connectivity index (χ4v) is 3.27. The molecule has 1 aliphatic rings. The third-order valence-electron chi connectivity index (χ3n) is 4.17. The van der Waals surface area contributed by atoms with Crippen LogP contribution in [0.15, 0.2) is 23.3 Å². The average Bonchev–Trinajstić information content (AvgIpc) is 3.30. The summed E-state index contributed by atoms with van der Waals surface area (Å²) in [5, 5.41) is 29.9. The van der Waals surface area contributed by atoms with Crippen molar-refractivity contribution in [2.75, 3.05) is 0 Å². The number of aryl methyl sites for hydroxylation is 1. The number of nitrogens with one attached hydrogen (secondary N) is 2. The first-order chi connectivity index (χ1) is 12.5. The summed E-state index contributed by atoms with van der Waals surface area (Å²) < 4.78 is 1.71. The Hall–Kier alpha value is -2.85. The van der Waals surface area contributed by atoms with E-state index in [0.717, 1.165) is 30.5 Å². The SMILES string of the molecule is O=[N+]([O-])c1ccc(Cl)c(/C=N/n2c(-c3n[nH]c4c3CCC4)n[nH]c2=S)c1. The normalized spacial score (nSPS) is 13.4. The number of rotatable bonds is 4. The Bertz CT molecular complexity index is 1100. The van der Waals surface area contributed by atoms with E-state index in [2.05, 4.69) is 25.5 Å². The van der Waals surface area contributed by atoms with Gasteiger partial charge in [-0.15, -0.1) is 0 Å².